The lowest BCUT2D eigenvalue weighted by Gasteiger charge is -2.13. The van der Waals surface area contributed by atoms with E-state index in [9.17, 15) is 14.4 Å². The third kappa shape index (κ3) is 6.66. The van der Waals surface area contributed by atoms with Crippen LogP contribution in [-0.4, -0.2) is 29.4 Å². The van der Waals surface area contributed by atoms with Crippen molar-refractivity contribution in [2.24, 2.45) is 5.92 Å². The van der Waals surface area contributed by atoms with E-state index in [1.54, 1.807) is 32.0 Å². The number of carbonyl (C=O) groups is 3. The summed E-state index contributed by atoms with van der Waals surface area (Å²) in [6, 6.07) is 9.84. The average Bonchev–Trinajstić information content (AvgIpc) is 2.65. The highest BCUT2D eigenvalue weighted by atomic mass is 35.5. The summed E-state index contributed by atoms with van der Waals surface area (Å²) in [5, 5.41) is 13.9. The molecule has 0 spiro atoms. The van der Waals surface area contributed by atoms with E-state index in [-0.39, 0.29) is 39.8 Å². The first-order valence-electron chi connectivity index (χ1n) is 8.69. The fourth-order valence-corrected chi connectivity index (χ4v) is 2.86. The Morgan fingerprint density at radius 3 is 2.34 bits per heavy atom. The van der Waals surface area contributed by atoms with Gasteiger partial charge in [0, 0.05) is 17.2 Å². The molecule has 0 aromatic heterocycles. The highest BCUT2D eigenvalue weighted by Gasteiger charge is 2.15. The van der Waals surface area contributed by atoms with E-state index in [1.165, 1.54) is 12.1 Å². The number of ether oxygens (including phenoxy) is 1. The minimum Gasteiger partial charge on any atom is -0.486 e. The molecule has 0 saturated heterocycles. The first-order valence-corrected chi connectivity index (χ1v) is 9.44. The number of carboxylic acid groups (broad SMARTS) is 1. The number of carboxylic acids is 1. The second kappa shape index (κ2) is 10.1. The van der Waals surface area contributed by atoms with Crippen LogP contribution in [0, 0.1) is 5.92 Å². The highest BCUT2D eigenvalue weighted by molar-refractivity contribution is 6.37. The van der Waals surface area contributed by atoms with Gasteiger partial charge < -0.3 is 20.5 Å². The Kier molecular flexibility index (Phi) is 7.87. The van der Waals surface area contributed by atoms with Gasteiger partial charge in [-0.1, -0.05) is 49.2 Å². The zero-order valence-electron chi connectivity index (χ0n) is 15.8. The maximum absolute atomic E-state index is 12.0. The summed E-state index contributed by atoms with van der Waals surface area (Å²) in [5.74, 6) is -1.82. The number of nitrogens with one attached hydrogen (secondary N) is 2. The van der Waals surface area contributed by atoms with E-state index in [1.807, 2.05) is 6.07 Å². The van der Waals surface area contributed by atoms with Gasteiger partial charge in [-0.05, 0) is 29.8 Å². The van der Waals surface area contributed by atoms with Crippen LogP contribution in [0.2, 0.25) is 10.0 Å². The van der Waals surface area contributed by atoms with Crippen LogP contribution in [0.5, 0.6) is 5.75 Å². The minimum absolute atomic E-state index is 0.0917. The van der Waals surface area contributed by atoms with Gasteiger partial charge in [0.1, 0.15) is 13.2 Å². The smallest absolute Gasteiger partial charge is 0.322 e. The molecule has 0 atom stereocenters. The summed E-state index contributed by atoms with van der Waals surface area (Å²) in [5.41, 5.74) is 1.54. The topological polar surface area (TPSA) is 105 Å². The molecule has 0 bridgehead atoms. The number of hydrogen-bond acceptors (Lipinski definition) is 4. The fourth-order valence-electron chi connectivity index (χ4n) is 2.27. The maximum Gasteiger partial charge on any atom is 0.322 e. The molecule has 0 radical (unpaired) electrons. The normalized spacial score (nSPS) is 10.5. The standard InChI is InChI=1S/C20H20Cl2N2O5/c1-11(2)19(27)24-14-5-3-4-12(6-14)10-29-18-15(21)7-13(8-16(18)22)20(28)23-9-17(25)26/h3-8,11H,9-10H2,1-2H3,(H,23,28)(H,24,27)(H,25,26). The van der Waals surface area contributed by atoms with Gasteiger partial charge in [0.2, 0.25) is 5.91 Å². The Morgan fingerprint density at radius 1 is 1.10 bits per heavy atom. The number of hydrogen-bond donors (Lipinski definition) is 3. The summed E-state index contributed by atoms with van der Waals surface area (Å²) in [7, 11) is 0. The zero-order valence-corrected chi connectivity index (χ0v) is 17.3. The molecule has 3 N–H and O–H groups in total. The van der Waals surface area contributed by atoms with Crippen LogP contribution in [-0.2, 0) is 16.2 Å². The summed E-state index contributed by atoms with van der Waals surface area (Å²) in [4.78, 5) is 34.3. The Labute approximate surface area is 178 Å². The summed E-state index contributed by atoms with van der Waals surface area (Å²) < 4.78 is 5.69. The average molecular weight is 439 g/mol. The molecule has 2 aromatic rings. The summed E-state index contributed by atoms with van der Waals surface area (Å²) in [6.07, 6.45) is 0. The van der Waals surface area contributed by atoms with Crippen LogP contribution in [0.3, 0.4) is 0 Å². The van der Waals surface area contributed by atoms with Gasteiger partial charge in [0.25, 0.3) is 5.91 Å². The Bertz CT molecular complexity index is 908. The van der Waals surface area contributed by atoms with Crippen LogP contribution >= 0.6 is 23.2 Å². The molecular formula is C20H20Cl2N2O5. The largest absolute Gasteiger partial charge is 0.486 e. The minimum atomic E-state index is -1.16. The van der Waals surface area contributed by atoms with E-state index in [4.69, 9.17) is 33.0 Å². The number of carbonyl (C=O) groups excluding carboxylic acids is 2. The van der Waals surface area contributed by atoms with Crippen molar-refractivity contribution in [3.63, 3.8) is 0 Å². The van der Waals surface area contributed by atoms with Crippen LogP contribution in [0.4, 0.5) is 5.69 Å². The molecule has 0 heterocycles. The van der Waals surface area contributed by atoms with Gasteiger partial charge >= 0.3 is 5.97 Å². The molecular weight excluding hydrogens is 419 g/mol. The van der Waals surface area contributed by atoms with Crippen LogP contribution in [0.15, 0.2) is 36.4 Å². The van der Waals surface area contributed by atoms with Crippen molar-refractivity contribution in [2.75, 3.05) is 11.9 Å². The Morgan fingerprint density at radius 2 is 1.76 bits per heavy atom. The second-order valence-corrected chi connectivity index (χ2v) is 7.29. The molecule has 29 heavy (non-hydrogen) atoms. The Hall–Kier alpha value is -2.77. The van der Waals surface area contributed by atoms with E-state index >= 15 is 0 Å². The van der Waals surface area contributed by atoms with E-state index in [2.05, 4.69) is 10.6 Å². The van der Waals surface area contributed by atoms with Gasteiger partial charge in [0.15, 0.2) is 5.75 Å². The molecule has 0 aliphatic carbocycles. The third-order valence-corrected chi connectivity index (χ3v) is 4.32. The number of rotatable bonds is 8. The van der Waals surface area contributed by atoms with Crippen molar-refractivity contribution in [1.82, 2.24) is 5.32 Å². The number of aliphatic carboxylic acids is 1. The first-order chi connectivity index (χ1) is 13.7. The molecule has 9 heteroatoms. The predicted molar refractivity (Wildman–Crippen MR) is 111 cm³/mol. The molecule has 0 saturated carbocycles. The number of benzene rings is 2. The van der Waals surface area contributed by atoms with Gasteiger partial charge in [-0.25, -0.2) is 0 Å². The zero-order chi connectivity index (χ0) is 21.6. The van der Waals surface area contributed by atoms with E-state index in [0.717, 1.165) is 5.56 Å². The fraction of sp³-hybridized carbons (Fsp3) is 0.250. The van der Waals surface area contributed by atoms with Crippen molar-refractivity contribution in [2.45, 2.75) is 20.5 Å². The second-order valence-electron chi connectivity index (χ2n) is 6.48. The van der Waals surface area contributed by atoms with Crippen molar-refractivity contribution in [3.05, 3.63) is 57.6 Å². The number of amides is 2. The SMILES string of the molecule is CC(C)C(=O)Nc1cccc(COc2c(Cl)cc(C(=O)NCC(=O)O)cc2Cl)c1. The molecule has 0 fully saturated rings. The number of anilines is 1. The van der Waals surface area contributed by atoms with Gasteiger partial charge in [-0.3, -0.25) is 14.4 Å². The monoisotopic (exact) mass is 438 g/mol. The molecule has 2 rings (SSSR count). The first kappa shape index (κ1) is 22.5. The third-order valence-electron chi connectivity index (χ3n) is 3.76. The molecule has 0 unspecified atom stereocenters. The molecule has 0 aliphatic rings. The highest BCUT2D eigenvalue weighted by Crippen LogP contribution is 2.35. The van der Waals surface area contributed by atoms with E-state index in [0.29, 0.717) is 5.69 Å². The van der Waals surface area contributed by atoms with Gasteiger partial charge in [-0.2, -0.15) is 0 Å². The number of halogens is 2. The van der Waals surface area contributed by atoms with Crippen molar-refractivity contribution in [1.29, 1.82) is 0 Å². The van der Waals surface area contributed by atoms with E-state index < -0.39 is 18.4 Å². The Balaban J connectivity index is 2.08. The van der Waals surface area contributed by atoms with Gasteiger partial charge in [-0.15, -0.1) is 0 Å². The van der Waals surface area contributed by atoms with Crippen LogP contribution < -0.4 is 15.4 Å². The lowest BCUT2D eigenvalue weighted by molar-refractivity contribution is -0.135. The predicted octanol–water partition coefficient (Wildman–Crippen LogP) is 3.98. The van der Waals surface area contributed by atoms with Gasteiger partial charge in [0.05, 0.1) is 10.0 Å². The molecule has 2 aromatic carbocycles. The quantitative estimate of drug-likeness (QED) is 0.577. The van der Waals surface area contributed by atoms with Crippen LogP contribution in [0.1, 0.15) is 29.8 Å². The van der Waals surface area contributed by atoms with Crippen molar-refractivity contribution >= 4 is 46.7 Å². The van der Waals surface area contributed by atoms with Crippen molar-refractivity contribution < 1.29 is 24.2 Å². The molecule has 0 aliphatic heterocycles. The van der Waals surface area contributed by atoms with Crippen LogP contribution in [0.25, 0.3) is 0 Å². The maximum atomic E-state index is 12.0. The molecule has 154 valence electrons. The molecule has 2 amide bonds. The van der Waals surface area contributed by atoms with Crippen molar-refractivity contribution in [3.8, 4) is 5.75 Å². The lowest BCUT2D eigenvalue weighted by atomic mass is 10.1. The summed E-state index contributed by atoms with van der Waals surface area (Å²) >= 11 is 12.4. The lowest BCUT2D eigenvalue weighted by Crippen LogP contribution is -2.29. The summed E-state index contributed by atoms with van der Waals surface area (Å²) in [6.45, 7) is 3.22. The molecule has 7 nitrogen and oxygen atoms in total.